The lowest BCUT2D eigenvalue weighted by molar-refractivity contribution is -0.116. The predicted octanol–water partition coefficient (Wildman–Crippen LogP) is 3.88. The van der Waals surface area contributed by atoms with Crippen LogP contribution in [0.2, 0.25) is 0 Å². The fraction of sp³-hybridized carbons (Fsp3) is 0.238. The molecule has 0 aliphatic carbocycles. The summed E-state index contributed by atoms with van der Waals surface area (Å²) in [5, 5.41) is 9.53. The van der Waals surface area contributed by atoms with E-state index in [4.69, 9.17) is 4.52 Å². The van der Waals surface area contributed by atoms with E-state index in [0.29, 0.717) is 29.5 Å². The van der Waals surface area contributed by atoms with Gasteiger partial charge in [-0.3, -0.25) is 9.59 Å². The van der Waals surface area contributed by atoms with E-state index < -0.39 is 0 Å². The van der Waals surface area contributed by atoms with Crippen molar-refractivity contribution >= 4 is 23.2 Å². The van der Waals surface area contributed by atoms with Crippen molar-refractivity contribution in [1.29, 1.82) is 0 Å². The molecule has 0 atom stereocenters. The lowest BCUT2D eigenvalue weighted by Crippen LogP contribution is -2.14. The molecule has 0 fully saturated rings. The number of anilines is 2. The maximum Gasteiger partial charge on any atom is 0.227 e. The van der Waals surface area contributed by atoms with Crippen molar-refractivity contribution in [1.82, 2.24) is 10.1 Å². The molecule has 0 spiro atoms. The Morgan fingerprint density at radius 3 is 2.50 bits per heavy atom. The Kier molecular flexibility index (Phi) is 5.84. The van der Waals surface area contributed by atoms with Gasteiger partial charge in [-0.15, -0.1) is 0 Å². The summed E-state index contributed by atoms with van der Waals surface area (Å²) in [5.41, 5.74) is 4.22. The highest BCUT2D eigenvalue weighted by atomic mass is 16.5. The molecule has 3 aromatic rings. The normalized spacial score (nSPS) is 10.5. The van der Waals surface area contributed by atoms with Gasteiger partial charge in [-0.25, -0.2) is 0 Å². The summed E-state index contributed by atoms with van der Waals surface area (Å²) in [6.45, 7) is 5.34. The number of aryl methyl sites for hydroxylation is 3. The minimum Gasteiger partial charge on any atom is -0.339 e. The highest BCUT2D eigenvalue weighted by Gasteiger charge is 2.12. The minimum atomic E-state index is -0.168. The molecule has 144 valence electrons. The van der Waals surface area contributed by atoms with E-state index in [0.717, 1.165) is 16.7 Å². The first-order valence-electron chi connectivity index (χ1n) is 8.98. The number of nitrogens with zero attached hydrogens (tertiary/aromatic N) is 2. The van der Waals surface area contributed by atoms with Gasteiger partial charge in [0.1, 0.15) is 0 Å². The smallest absolute Gasteiger partial charge is 0.227 e. The fourth-order valence-electron chi connectivity index (χ4n) is 2.65. The number of amides is 2. The first-order valence-corrected chi connectivity index (χ1v) is 8.98. The number of carbonyl (C=O) groups is 2. The van der Waals surface area contributed by atoms with Gasteiger partial charge in [0.25, 0.3) is 0 Å². The molecule has 2 aromatic carbocycles. The van der Waals surface area contributed by atoms with E-state index in [1.165, 1.54) is 6.92 Å². The molecule has 2 amide bonds. The zero-order chi connectivity index (χ0) is 20.1. The van der Waals surface area contributed by atoms with Crippen molar-refractivity contribution in [3.8, 4) is 11.4 Å². The Bertz CT molecular complexity index is 993. The first kappa shape index (κ1) is 19.3. The molecule has 1 heterocycles. The molecule has 7 heteroatoms. The van der Waals surface area contributed by atoms with Crippen LogP contribution in [0, 0.1) is 13.8 Å². The Labute approximate surface area is 163 Å². The van der Waals surface area contributed by atoms with Crippen molar-refractivity contribution < 1.29 is 14.1 Å². The Morgan fingerprint density at radius 2 is 1.79 bits per heavy atom. The number of benzene rings is 2. The second-order valence-electron chi connectivity index (χ2n) is 6.64. The van der Waals surface area contributed by atoms with Crippen molar-refractivity contribution in [2.75, 3.05) is 10.6 Å². The van der Waals surface area contributed by atoms with Gasteiger partial charge in [-0.1, -0.05) is 41.1 Å². The summed E-state index contributed by atoms with van der Waals surface area (Å²) in [6, 6.07) is 13.2. The van der Waals surface area contributed by atoms with Crippen LogP contribution in [0.4, 0.5) is 11.4 Å². The van der Waals surface area contributed by atoms with E-state index >= 15 is 0 Å². The summed E-state index contributed by atoms with van der Waals surface area (Å²) in [7, 11) is 0. The maximum atomic E-state index is 12.3. The van der Waals surface area contributed by atoms with Crippen LogP contribution < -0.4 is 10.6 Å². The molecule has 0 unspecified atom stereocenters. The highest BCUT2D eigenvalue weighted by molar-refractivity contribution is 5.94. The van der Waals surface area contributed by atoms with Gasteiger partial charge in [-0.05, 0) is 31.5 Å². The molecule has 3 rings (SSSR count). The predicted molar refractivity (Wildman–Crippen MR) is 107 cm³/mol. The number of rotatable bonds is 6. The monoisotopic (exact) mass is 378 g/mol. The third kappa shape index (κ3) is 5.03. The molecule has 2 N–H and O–H groups in total. The van der Waals surface area contributed by atoms with Gasteiger partial charge in [0.2, 0.25) is 23.5 Å². The van der Waals surface area contributed by atoms with Gasteiger partial charge in [0.15, 0.2) is 0 Å². The Morgan fingerprint density at radius 1 is 1.04 bits per heavy atom. The molecule has 7 nitrogen and oxygen atoms in total. The number of carbonyl (C=O) groups excluding carboxylic acids is 2. The van der Waals surface area contributed by atoms with E-state index in [1.54, 1.807) is 12.1 Å². The minimum absolute atomic E-state index is 0.165. The van der Waals surface area contributed by atoms with Gasteiger partial charge in [-0.2, -0.15) is 4.98 Å². The van der Waals surface area contributed by atoms with E-state index in [-0.39, 0.29) is 18.2 Å². The van der Waals surface area contributed by atoms with Gasteiger partial charge in [0, 0.05) is 36.7 Å². The second-order valence-corrected chi connectivity index (χ2v) is 6.64. The topological polar surface area (TPSA) is 97.1 Å². The number of aromatic nitrogens is 2. The zero-order valence-electron chi connectivity index (χ0n) is 16.1. The van der Waals surface area contributed by atoms with Crippen molar-refractivity contribution in [2.45, 2.75) is 33.6 Å². The van der Waals surface area contributed by atoms with Crippen molar-refractivity contribution in [3.63, 3.8) is 0 Å². The average molecular weight is 378 g/mol. The number of nitrogens with one attached hydrogen (secondary N) is 2. The average Bonchev–Trinajstić information content (AvgIpc) is 3.12. The summed E-state index contributed by atoms with van der Waals surface area (Å²) in [4.78, 5) is 27.8. The first-order chi connectivity index (χ1) is 13.4. The third-order valence-electron chi connectivity index (χ3n) is 4.18. The molecular formula is C21H22N4O3. The second kappa shape index (κ2) is 8.47. The number of hydrogen-bond acceptors (Lipinski definition) is 5. The molecule has 0 saturated carbocycles. The summed E-state index contributed by atoms with van der Waals surface area (Å²) >= 11 is 0. The largest absolute Gasteiger partial charge is 0.339 e. The van der Waals surface area contributed by atoms with Crippen LogP contribution in [-0.2, 0) is 16.0 Å². The molecule has 0 aliphatic heterocycles. The van der Waals surface area contributed by atoms with Crippen LogP contribution in [0.15, 0.2) is 47.0 Å². The van der Waals surface area contributed by atoms with Crippen molar-refractivity contribution in [3.05, 3.63) is 59.5 Å². The van der Waals surface area contributed by atoms with Crippen LogP contribution in [-0.4, -0.2) is 22.0 Å². The van der Waals surface area contributed by atoms with Crippen LogP contribution >= 0.6 is 0 Å². The van der Waals surface area contributed by atoms with Crippen LogP contribution in [0.3, 0.4) is 0 Å². The molecule has 28 heavy (non-hydrogen) atoms. The third-order valence-corrected chi connectivity index (χ3v) is 4.18. The maximum absolute atomic E-state index is 12.3. The number of hydrogen-bond donors (Lipinski definition) is 2. The van der Waals surface area contributed by atoms with Crippen LogP contribution in [0.5, 0.6) is 0 Å². The van der Waals surface area contributed by atoms with Gasteiger partial charge in [0.05, 0.1) is 0 Å². The molecule has 0 aliphatic rings. The van der Waals surface area contributed by atoms with Crippen molar-refractivity contribution in [2.24, 2.45) is 0 Å². The van der Waals surface area contributed by atoms with Crippen LogP contribution in [0.1, 0.15) is 30.4 Å². The quantitative estimate of drug-likeness (QED) is 0.678. The molecule has 1 aromatic heterocycles. The molecular weight excluding hydrogens is 356 g/mol. The molecule has 0 bridgehead atoms. The SMILES string of the molecule is CC(=O)Nc1ccc(C)c(NC(=O)CCc2nc(-c3ccc(C)cc3)no2)c1. The van der Waals surface area contributed by atoms with Gasteiger partial charge >= 0.3 is 0 Å². The molecule has 0 radical (unpaired) electrons. The van der Waals surface area contributed by atoms with Crippen LogP contribution in [0.25, 0.3) is 11.4 Å². The van der Waals surface area contributed by atoms with Gasteiger partial charge < -0.3 is 15.2 Å². The fourth-order valence-corrected chi connectivity index (χ4v) is 2.65. The van der Waals surface area contributed by atoms with E-state index in [9.17, 15) is 9.59 Å². The van der Waals surface area contributed by atoms with E-state index in [1.807, 2.05) is 44.2 Å². The zero-order valence-corrected chi connectivity index (χ0v) is 16.1. The standard InChI is InChI=1S/C21H22N4O3/c1-13-4-7-16(8-5-13)21-24-20(28-25-21)11-10-19(27)23-18-12-17(22-15(3)26)9-6-14(18)2/h4-9,12H,10-11H2,1-3H3,(H,22,26)(H,23,27). The Hall–Kier alpha value is -3.48. The van der Waals surface area contributed by atoms with E-state index in [2.05, 4.69) is 20.8 Å². The summed E-state index contributed by atoms with van der Waals surface area (Å²) in [6.07, 6.45) is 0.550. The summed E-state index contributed by atoms with van der Waals surface area (Å²) < 4.78 is 5.25. The summed E-state index contributed by atoms with van der Waals surface area (Å²) in [5.74, 6) is 0.587. The highest BCUT2D eigenvalue weighted by Crippen LogP contribution is 2.21. The molecule has 0 saturated heterocycles. The lowest BCUT2D eigenvalue weighted by Gasteiger charge is -2.10. The Balaban J connectivity index is 1.59. The lowest BCUT2D eigenvalue weighted by atomic mass is 10.1.